The number of nitrogens with one attached hydrogen (secondary N) is 1. The third-order valence-corrected chi connectivity index (χ3v) is 2.96. The first-order chi connectivity index (χ1) is 7.06. The molecule has 1 unspecified atom stereocenters. The molecular formula is C13H18N2. The quantitative estimate of drug-likeness (QED) is 0.817. The molecule has 0 aliphatic heterocycles. The average molecular weight is 202 g/mol. The van der Waals surface area contributed by atoms with E-state index in [1.165, 1.54) is 22.3 Å². The van der Waals surface area contributed by atoms with Crippen molar-refractivity contribution in [3.05, 3.63) is 34.4 Å². The van der Waals surface area contributed by atoms with Crippen LogP contribution in [0.3, 0.4) is 0 Å². The van der Waals surface area contributed by atoms with Gasteiger partial charge in [0, 0.05) is 6.54 Å². The van der Waals surface area contributed by atoms with Gasteiger partial charge >= 0.3 is 0 Å². The van der Waals surface area contributed by atoms with Crippen molar-refractivity contribution in [2.45, 2.75) is 40.3 Å². The van der Waals surface area contributed by atoms with Crippen molar-refractivity contribution < 1.29 is 0 Å². The van der Waals surface area contributed by atoms with Crippen LogP contribution in [0.25, 0.3) is 0 Å². The molecule has 0 heterocycles. The number of nitriles is 1. The van der Waals surface area contributed by atoms with Crippen LogP contribution < -0.4 is 5.32 Å². The van der Waals surface area contributed by atoms with Crippen LogP contribution >= 0.6 is 0 Å². The molecule has 0 spiro atoms. The number of hydrogen-bond donors (Lipinski definition) is 1. The second kappa shape index (κ2) is 4.95. The van der Waals surface area contributed by atoms with Gasteiger partial charge in [-0.1, -0.05) is 12.1 Å². The Morgan fingerprint density at radius 1 is 1.27 bits per heavy atom. The van der Waals surface area contributed by atoms with E-state index in [0.29, 0.717) is 0 Å². The summed E-state index contributed by atoms with van der Waals surface area (Å²) in [5.41, 5.74) is 5.27. The van der Waals surface area contributed by atoms with E-state index in [9.17, 15) is 0 Å². The van der Waals surface area contributed by atoms with E-state index in [2.05, 4.69) is 44.3 Å². The molecule has 80 valence electrons. The molecule has 0 saturated heterocycles. The summed E-state index contributed by atoms with van der Waals surface area (Å²) < 4.78 is 0. The van der Waals surface area contributed by atoms with Crippen LogP contribution in [0.1, 0.15) is 29.2 Å². The first-order valence-corrected chi connectivity index (χ1v) is 5.25. The van der Waals surface area contributed by atoms with E-state index in [1.54, 1.807) is 0 Å². The van der Waals surface area contributed by atoms with Crippen LogP contribution in [0, 0.1) is 32.1 Å². The summed E-state index contributed by atoms with van der Waals surface area (Å²) in [6, 6.07) is 6.35. The molecule has 1 aromatic rings. The van der Waals surface area contributed by atoms with Crippen LogP contribution in [0.5, 0.6) is 0 Å². The minimum atomic E-state index is -0.0917. The summed E-state index contributed by atoms with van der Waals surface area (Å²) in [4.78, 5) is 0. The summed E-state index contributed by atoms with van der Waals surface area (Å²) >= 11 is 0. The molecule has 0 aliphatic carbocycles. The smallest absolute Gasteiger partial charge is 0.0927 e. The van der Waals surface area contributed by atoms with E-state index in [4.69, 9.17) is 5.26 Å². The van der Waals surface area contributed by atoms with Crippen molar-refractivity contribution >= 4 is 0 Å². The SMILES string of the molecule is Cc1ccc(CNC(C)C#N)c(C)c1C. The Morgan fingerprint density at radius 3 is 2.53 bits per heavy atom. The number of nitrogens with zero attached hydrogens (tertiary/aromatic N) is 1. The van der Waals surface area contributed by atoms with Crippen LogP contribution in [-0.2, 0) is 6.54 Å². The highest BCUT2D eigenvalue weighted by Crippen LogP contribution is 2.16. The lowest BCUT2D eigenvalue weighted by atomic mass is 9.99. The van der Waals surface area contributed by atoms with Gasteiger partial charge in [-0.3, -0.25) is 5.32 Å². The highest BCUT2D eigenvalue weighted by molar-refractivity contribution is 5.38. The Bertz CT molecular complexity index is 388. The lowest BCUT2D eigenvalue weighted by Gasteiger charge is -2.12. The average Bonchev–Trinajstić information content (AvgIpc) is 2.24. The minimum Gasteiger partial charge on any atom is -0.298 e. The van der Waals surface area contributed by atoms with Crippen molar-refractivity contribution in [2.24, 2.45) is 0 Å². The number of benzene rings is 1. The van der Waals surface area contributed by atoms with Gasteiger partial charge in [0.05, 0.1) is 12.1 Å². The van der Waals surface area contributed by atoms with E-state index in [1.807, 2.05) is 6.92 Å². The number of hydrogen-bond acceptors (Lipinski definition) is 2. The Hall–Kier alpha value is -1.33. The van der Waals surface area contributed by atoms with Crippen LogP contribution in [0.4, 0.5) is 0 Å². The Labute approximate surface area is 91.9 Å². The van der Waals surface area contributed by atoms with Gasteiger partial charge in [-0.15, -0.1) is 0 Å². The van der Waals surface area contributed by atoms with Crippen molar-refractivity contribution in [3.8, 4) is 6.07 Å². The van der Waals surface area contributed by atoms with Gasteiger partial charge in [0.1, 0.15) is 0 Å². The van der Waals surface area contributed by atoms with Gasteiger partial charge in [0.25, 0.3) is 0 Å². The number of rotatable bonds is 3. The fraction of sp³-hybridized carbons (Fsp3) is 0.462. The molecule has 0 fully saturated rings. The van der Waals surface area contributed by atoms with Crippen molar-refractivity contribution in [3.63, 3.8) is 0 Å². The Balaban J connectivity index is 2.80. The highest BCUT2D eigenvalue weighted by Gasteiger charge is 2.04. The fourth-order valence-electron chi connectivity index (χ4n) is 1.51. The maximum absolute atomic E-state index is 8.67. The largest absolute Gasteiger partial charge is 0.298 e. The van der Waals surface area contributed by atoms with Crippen LogP contribution in [0.15, 0.2) is 12.1 Å². The lowest BCUT2D eigenvalue weighted by Crippen LogP contribution is -2.24. The molecule has 2 nitrogen and oxygen atoms in total. The first-order valence-electron chi connectivity index (χ1n) is 5.25. The van der Waals surface area contributed by atoms with E-state index in [0.717, 1.165) is 6.54 Å². The normalized spacial score (nSPS) is 12.2. The van der Waals surface area contributed by atoms with Crippen molar-refractivity contribution in [2.75, 3.05) is 0 Å². The zero-order valence-electron chi connectivity index (χ0n) is 9.89. The topological polar surface area (TPSA) is 35.8 Å². The van der Waals surface area contributed by atoms with Gasteiger partial charge in [-0.2, -0.15) is 5.26 Å². The maximum atomic E-state index is 8.67. The maximum Gasteiger partial charge on any atom is 0.0927 e. The fourth-order valence-corrected chi connectivity index (χ4v) is 1.51. The molecule has 0 radical (unpaired) electrons. The summed E-state index contributed by atoms with van der Waals surface area (Å²) in [6.07, 6.45) is 0. The summed E-state index contributed by atoms with van der Waals surface area (Å²) in [6.45, 7) is 9.04. The van der Waals surface area contributed by atoms with Gasteiger partial charge < -0.3 is 0 Å². The van der Waals surface area contributed by atoms with Gasteiger partial charge in [0.15, 0.2) is 0 Å². The standard InChI is InChI=1S/C13H18N2/c1-9-5-6-13(12(4)11(9)3)8-15-10(2)7-14/h5-6,10,15H,8H2,1-4H3. The molecule has 1 atom stereocenters. The van der Waals surface area contributed by atoms with E-state index >= 15 is 0 Å². The molecule has 0 saturated carbocycles. The van der Waals surface area contributed by atoms with E-state index < -0.39 is 0 Å². The highest BCUT2D eigenvalue weighted by atomic mass is 14.9. The summed E-state index contributed by atoms with van der Waals surface area (Å²) in [5, 5.41) is 11.8. The predicted molar refractivity (Wildman–Crippen MR) is 62.6 cm³/mol. The van der Waals surface area contributed by atoms with Gasteiger partial charge in [-0.25, -0.2) is 0 Å². The lowest BCUT2D eigenvalue weighted by molar-refractivity contribution is 0.640. The monoisotopic (exact) mass is 202 g/mol. The molecule has 2 heteroatoms. The molecule has 0 aromatic heterocycles. The second-order valence-corrected chi connectivity index (χ2v) is 4.02. The Morgan fingerprint density at radius 2 is 1.93 bits per heavy atom. The first kappa shape index (κ1) is 11.7. The molecule has 15 heavy (non-hydrogen) atoms. The predicted octanol–water partition coefficient (Wildman–Crippen LogP) is 2.61. The van der Waals surface area contributed by atoms with Crippen molar-refractivity contribution in [1.82, 2.24) is 5.32 Å². The van der Waals surface area contributed by atoms with Crippen molar-refractivity contribution in [1.29, 1.82) is 5.26 Å². The molecule has 0 bridgehead atoms. The summed E-state index contributed by atoms with van der Waals surface area (Å²) in [7, 11) is 0. The van der Waals surface area contributed by atoms with Gasteiger partial charge in [-0.05, 0) is 49.9 Å². The Kier molecular flexibility index (Phi) is 3.88. The zero-order valence-corrected chi connectivity index (χ0v) is 9.89. The molecule has 1 aromatic carbocycles. The van der Waals surface area contributed by atoms with Crippen LogP contribution in [-0.4, -0.2) is 6.04 Å². The second-order valence-electron chi connectivity index (χ2n) is 4.02. The molecular weight excluding hydrogens is 184 g/mol. The third-order valence-electron chi connectivity index (χ3n) is 2.96. The molecule has 1 N–H and O–H groups in total. The zero-order chi connectivity index (χ0) is 11.4. The van der Waals surface area contributed by atoms with Crippen LogP contribution in [0.2, 0.25) is 0 Å². The molecule has 1 rings (SSSR count). The van der Waals surface area contributed by atoms with Gasteiger partial charge in [0.2, 0.25) is 0 Å². The molecule has 0 aliphatic rings. The molecule has 0 amide bonds. The number of aryl methyl sites for hydroxylation is 1. The minimum absolute atomic E-state index is 0.0917. The third kappa shape index (κ3) is 2.81. The summed E-state index contributed by atoms with van der Waals surface area (Å²) in [5.74, 6) is 0. The van der Waals surface area contributed by atoms with E-state index in [-0.39, 0.29) is 6.04 Å².